The average molecular weight is 275 g/mol. The van der Waals surface area contributed by atoms with Crippen LogP contribution >= 0.6 is 0 Å². The number of hydrogen-bond acceptors (Lipinski definition) is 3. The van der Waals surface area contributed by atoms with Gasteiger partial charge in [-0.05, 0) is 19.4 Å². The highest BCUT2D eigenvalue weighted by Gasteiger charge is 2.23. The summed E-state index contributed by atoms with van der Waals surface area (Å²) in [5.41, 5.74) is 7.15. The van der Waals surface area contributed by atoms with Crippen LogP contribution in [0.1, 0.15) is 31.9 Å². The molecule has 1 atom stereocenters. The van der Waals surface area contributed by atoms with Gasteiger partial charge in [0.25, 0.3) is 0 Å². The second-order valence-electron chi connectivity index (χ2n) is 5.73. The van der Waals surface area contributed by atoms with Crippen LogP contribution in [-0.4, -0.2) is 47.9 Å². The van der Waals surface area contributed by atoms with Crippen molar-refractivity contribution in [2.24, 2.45) is 5.73 Å². The van der Waals surface area contributed by atoms with Crippen molar-refractivity contribution in [1.82, 2.24) is 9.80 Å². The summed E-state index contributed by atoms with van der Waals surface area (Å²) in [7, 11) is 0. The molecule has 0 aliphatic carbocycles. The number of benzene rings is 1. The summed E-state index contributed by atoms with van der Waals surface area (Å²) in [5, 5.41) is 0. The number of piperazine rings is 1. The number of carbonyl (C=O) groups excluding carboxylic acids is 1. The first-order valence-corrected chi connectivity index (χ1v) is 7.40. The number of carbonyl (C=O) groups is 1. The molecule has 1 heterocycles. The van der Waals surface area contributed by atoms with Crippen molar-refractivity contribution in [3.63, 3.8) is 0 Å². The molecule has 0 aromatic heterocycles. The van der Waals surface area contributed by atoms with Gasteiger partial charge in [-0.2, -0.15) is 0 Å². The van der Waals surface area contributed by atoms with Gasteiger partial charge < -0.3 is 10.6 Å². The topological polar surface area (TPSA) is 49.6 Å². The van der Waals surface area contributed by atoms with Crippen LogP contribution in [-0.2, 0) is 4.79 Å². The lowest BCUT2D eigenvalue weighted by molar-refractivity contribution is -0.133. The Labute approximate surface area is 121 Å². The molecular formula is C16H25N3O. The summed E-state index contributed by atoms with van der Waals surface area (Å²) in [6, 6.07) is 10.2. The maximum absolute atomic E-state index is 12.3. The lowest BCUT2D eigenvalue weighted by atomic mass is 10.0. The van der Waals surface area contributed by atoms with Gasteiger partial charge in [0.05, 0.1) is 0 Å². The monoisotopic (exact) mass is 275 g/mol. The van der Waals surface area contributed by atoms with Crippen LogP contribution in [0.3, 0.4) is 0 Å². The normalized spacial score (nSPS) is 18.3. The first-order valence-electron chi connectivity index (χ1n) is 7.40. The summed E-state index contributed by atoms with van der Waals surface area (Å²) in [5.74, 6) is 0.171. The zero-order chi connectivity index (χ0) is 14.5. The molecule has 2 rings (SSSR count). The van der Waals surface area contributed by atoms with Gasteiger partial charge >= 0.3 is 0 Å². The Morgan fingerprint density at radius 3 is 2.30 bits per heavy atom. The standard InChI is InChI=1S/C16H25N3O/c1-13(2)18-8-10-19(11-9-18)16(20)12-15(17)14-6-4-3-5-7-14/h3-7,13,15H,8-12,17H2,1-2H3. The quantitative estimate of drug-likeness (QED) is 0.908. The molecule has 1 aromatic rings. The lowest BCUT2D eigenvalue weighted by Gasteiger charge is -2.37. The Morgan fingerprint density at radius 1 is 1.15 bits per heavy atom. The summed E-state index contributed by atoms with van der Waals surface area (Å²) >= 11 is 0. The molecule has 110 valence electrons. The van der Waals surface area contributed by atoms with Crippen molar-refractivity contribution >= 4 is 5.91 Å². The molecule has 0 saturated carbocycles. The third kappa shape index (κ3) is 3.81. The maximum atomic E-state index is 12.3. The highest BCUT2D eigenvalue weighted by Crippen LogP contribution is 2.16. The molecular weight excluding hydrogens is 250 g/mol. The van der Waals surface area contributed by atoms with Crippen molar-refractivity contribution < 1.29 is 4.79 Å². The van der Waals surface area contributed by atoms with E-state index in [2.05, 4.69) is 18.7 Å². The predicted molar refractivity (Wildman–Crippen MR) is 81.3 cm³/mol. The van der Waals surface area contributed by atoms with Gasteiger partial charge in [-0.15, -0.1) is 0 Å². The van der Waals surface area contributed by atoms with Gasteiger partial charge in [0.1, 0.15) is 0 Å². The van der Waals surface area contributed by atoms with Gasteiger partial charge in [0.15, 0.2) is 0 Å². The Bertz CT molecular complexity index is 425. The number of rotatable bonds is 4. The number of hydrogen-bond donors (Lipinski definition) is 1. The highest BCUT2D eigenvalue weighted by atomic mass is 16.2. The van der Waals surface area contributed by atoms with E-state index in [1.807, 2.05) is 35.2 Å². The Morgan fingerprint density at radius 2 is 1.75 bits per heavy atom. The summed E-state index contributed by atoms with van der Waals surface area (Å²) < 4.78 is 0. The van der Waals surface area contributed by atoms with Crippen LogP contribution in [0.5, 0.6) is 0 Å². The van der Waals surface area contributed by atoms with E-state index in [4.69, 9.17) is 5.73 Å². The summed E-state index contributed by atoms with van der Waals surface area (Å²) in [6.45, 7) is 7.95. The molecule has 20 heavy (non-hydrogen) atoms. The largest absolute Gasteiger partial charge is 0.340 e. The minimum atomic E-state index is -0.202. The fourth-order valence-corrected chi connectivity index (χ4v) is 2.62. The Kier molecular flexibility index (Phi) is 5.15. The molecule has 1 fully saturated rings. The van der Waals surface area contributed by atoms with E-state index in [1.165, 1.54) is 0 Å². The van der Waals surface area contributed by atoms with Crippen LogP contribution in [0, 0.1) is 0 Å². The van der Waals surface area contributed by atoms with Crippen LogP contribution < -0.4 is 5.73 Å². The van der Waals surface area contributed by atoms with Crippen LogP contribution in [0.15, 0.2) is 30.3 Å². The first-order chi connectivity index (χ1) is 9.58. The van der Waals surface area contributed by atoms with E-state index >= 15 is 0 Å². The number of amides is 1. The van der Waals surface area contributed by atoms with Crippen LogP contribution in [0.2, 0.25) is 0 Å². The molecule has 0 spiro atoms. The van der Waals surface area contributed by atoms with E-state index < -0.39 is 0 Å². The lowest BCUT2D eigenvalue weighted by Crippen LogP contribution is -2.51. The van der Waals surface area contributed by atoms with E-state index in [-0.39, 0.29) is 11.9 Å². The van der Waals surface area contributed by atoms with Gasteiger partial charge in [-0.3, -0.25) is 9.69 Å². The van der Waals surface area contributed by atoms with E-state index in [1.54, 1.807) is 0 Å². The zero-order valence-corrected chi connectivity index (χ0v) is 12.5. The van der Waals surface area contributed by atoms with Crippen LogP contribution in [0.25, 0.3) is 0 Å². The molecule has 0 bridgehead atoms. The van der Waals surface area contributed by atoms with Crippen molar-refractivity contribution in [2.75, 3.05) is 26.2 Å². The molecule has 1 aliphatic rings. The average Bonchev–Trinajstić information content (AvgIpc) is 2.48. The van der Waals surface area contributed by atoms with Gasteiger partial charge in [0, 0.05) is 44.7 Å². The van der Waals surface area contributed by atoms with Crippen molar-refractivity contribution in [1.29, 1.82) is 0 Å². The van der Waals surface area contributed by atoms with Crippen LogP contribution in [0.4, 0.5) is 0 Å². The van der Waals surface area contributed by atoms with E-state index in [0.29, 0.717) is 12.5 Å². The fourth-order valence-electron chi connectivity index (χ4n) is 2.62. The Hall–Kier alpha value is -1.39. The minimum Gasteiger partial charge on any atom is -0.340 e. The summed E-state index contributed by atoms with van der Waals surface area (Å²) in [4.78, 5) is 16.6. The zero-order valence-electron chi connectivity index (χ0n) is 12.5. The molecule has 4 heteroatoms. The molecule has 4 nitrogen and oxygen atoms in total. The second kappa shape index (κ2) is 6.86. The number of nitrogens with zero attached hydrogens (tertiary/aromatic N) is 2. The predicted octanol–water partition coefficient (Wildman–Crippen LogP) is 1.63. The summed E-state index contributed by atoms with van der Waals surface area (Å²) in [6.07, 6.45) is 0.395. The Balaban J connectivity index is 1.84. The molecule has 1 unspecified atom stereocenters. The molecule has 1 aliphatic heterocycles. The first kappa shape index (κ1) is 15.0. The third-order valence-corrected chi connectivity index (χ3v) is 4.02. The molecule has 1 amide bonds. The van der Waals surface area contributed by atoms with Gasteiger partial charge in [-0.1, -0.05) is 30.3 Å². The second-order valence-corrected chi connectivity index (χ2v) is 5.73. The third-order valence-electron chi connectivity index (χ3n) is 4.02. The smallest absolute Gasteiger partial charge is 0.224 e. The maximum Gasteiger partial charge on any atom is 0.224 e. The van der Waals surface area contributed by atoms with Crippen molar-refractivity contribution in [3.05, 3.63) is 35.9 Å². The molecule has 1 saturated heterocycles. The highest BCUT2D eigenvalue weighted by molar-refractivity contribution is 5.77. The van der Waals surface area contributed by atoms with Gasteiger partial charge in [0.2, 0.25) is 5.91 Å². The molecule has 2 N–H and O–H groups in total. The number of nitrogens with two attached hydrogens (primary N) is 1. The van der Waals surface area contributed by atoms with Gasteiger partial charge in [-0.25, -0.2) is 0 Å². The SMILES string of the molecule is CC(C)N1CCN(C(=O)CC(N)c2ccccc2)CC1. The molecule has 1 aromatic carbocycles. The van der Waals surface area contributed by atoms with Crippen molar-refractivity contribution in [2.45, 2.75) is 32.4 Å². The molecule has 0 radical (unpaired) electrons. The minimum absolute atomic E-state index is 0.171. The van der Waals surface area contributed by atoms with E-state index in [9.17, 15) is 4.79 Å². The fraction of sp³-hybridized carbons (Fsp3) is 0.562. The van der Waals surface area contributed by atoms with Crippen molar-refractivity contribution in [3.8, 4) is 0 Å². The van der Waals surface area contributed by atoms with E-state index in [0.717, 1.165) is 31.7 Å².